The molecule has 1 fully saturated rings. The van der Waals surface area contributed by atoms with E-state index in [2.05, 4.69) is 46.6 Å². The summed E-state index contributed by atoms with van der Waals surface area (Å²) in [6, 6.07) is 15.4. The number of hydrogen-bond acceptors (Lipinski definition) is 7. The Bertz CT molecular complexity index is 1230. The average molecular weight is 488 g/mol. The molecular formula is C27H33N7O2. The van der Waals surface area contributed by atoms with E-state index in [4.69, 9.17) is 5.73 Å². The third-order valence-corrected chi connectivity index (χ3v) is 6.28. The fraction of sp³-hybridized carbons (Fsp3) is 0.370. The maximum Gasteiger partial charge on any atom is 0.273 e. The highest BCUT2D eigenvalue weighted by Gasteiger charge is 2.26. The first-order valence-electron chi connectivity index (χ1n) is 12.1. The Kier molecular flexibility index (Phi) is 7.19. The molecule has 4 N–H and O–H groups in total. The third kappa shape index (κ3) is 5.97. The summed E-state index contributed by atoms with van der Waals surface area (Å²) in [4.78, 5) is 31.3. The Labute approximate surface area is 211 Å². The predicted octanol–water partition coefficient (Wildman–Crippen LogP) is 3.72. The van der Waals surface area contributed by atoms with Gasteiger partial charge in [-0.15, -0.1) is 10.2 Å². The highest BCUT2D eigenvalue weighted by atomic mass is 16.2. The minimum Gasteiger partial charge on any atom is -0.364 e. The van der Waals surface area contributed by atoms with Crippen molar-refractivity contribution in [3.05, 3.63) is 70.9 Å². The van der Waals surface area contributed by atoms with Crippen LogP contribution < -0.4 is 21.3 Å². The standard InChI is InChI=1S/C27H33N7O2/c1-17-7-13-20(14-8-17)29-24-22(23(28)35)32-33-26(31-24)34-15-5-6-21(16-34)30-25(36)18-9-11-19(12-10-18)27(2,3)4/h7-14,21H,5-6,15-16H2,1-4H3,(H2,28,35)(H,30,36)(H,29,31,33). The maximum absolute atomic E-state index is 12.9. The number of carbonyl (C=O) groups excluding carboxylic acids is 2. The van der Waals surface area contributed by atoms with Gasteiger partial charge in [0.05, 0.1) is 0 Å². The largest absolute Gasteiger partial charge is 0.364 e. The molecule has 2 amide bonds. The molecule has 0 radical (unpaired) electrons. The summed E-state index contributed by atoms with van der Waals surface area (Å²) in [5.41, 5.74) is 9.20. The lowest BCUT2D eigenvalue weighted by molar-refractivity contribution is 0.0931. The van der Waals surface area contributed by atoms with Crippen molar-refractivity contribution in [2.45, 2.75) is 52.0 Å². The van der Waals surface area contributed by atoms with Crippen molar-refractivity contribution in [2.24, 2.45) is 5.73 Å². The average Bonchev–Trinajstić information content (AvgIpc) is 2.85. The summed E-state index contributed by atoms with van der Waals surface area (Å²) in [6.45, 7) is 9.69. The first-order chi connectivity index (χ1) is 17.1. The van der Waals surface area contributed by atoms with Crippen LogP contribution in [0.1, 0.15) is 65.6 Å². The highest BCUT2D eigenvalue weighted by Crippen LogP contribution is 2.24. The van der Waals surface area contributed by atoms with Gasteiger partial charge in [0.1, 0.15) is 0 Å². The summed E-state index contributed by atoms with van der Waals surface area (Å²) in [6.07, 6.45) is 1.71. The normalized spacial score (nSPS) is 15.9. The molecule has 2 aromatic carbocycles. The van der Waals surface area contributed by atoms with Crippen LogP contribution in [-0.4, -0.2) is 46.1 Å². The van der Waals surface area contributed by atoms with Crippen LogP contribution in [0, 0.1) is 6.92 Å². The number of rotatable bonds is 6. The number of anilines is 3. The second-order valence-corrected chi connectivity index (χ2v) is 10.3. The van der Waals surface area contributed by atoms with E-state index in [1.54, 1.807) is 0 Å². The van der Waals surface area contributed by atoms with Gasteiger partial charge < -0.3 is 21.3 Å². The van der Waals surface area contributed by atoms with Gasteiger partial charge in [0.25, 0.3) is 11.8 Å². The first kappa shape index (κ1) is 25.1. The Morgan fingerprint density at radius 1 is 1.03 bits per heavy atom. The molecule has 1 aromatic heterocycles. The van der Waals surface area contributed by atoms with Gasteiger partial charge in [-0.05, 0) is 55.0 Å². The minimum absolute atomic E-state index is 0.0279. The van der Waals surface area contributed by atoms with Crippen LogP contribution in [0.2, 0.25) is 0 Å². The Hall–Kier alpha value is -4.01. The van der Waals surface area contributed by atoms with Crippen molar-refractivity contribution in [3.63, 3.8) is 0 Å². The van der Waals surface area contributed by atoms with Crippen molar-refractivity contribution < 1.29 is 9.59 Å². The number of amides is 2. The van der Waals surface area contributed by atoms with Crippen LogP contribution >= 0.6 is 0 Å². The van der Waals surface area contributed by atoms with Gasteiger partial charge in [-0.2, -0.15) is 4.98 Å². The van der Waals surface area contributed by atoms with Gasteiger partial charge in [0, 0.05) is 30.4 Å². The van der Waals surface area contributed by atoms with E-state index in [1.165, 1.54) is 5.56 Å². The molecule has 0 spiro atoms. The molecule has 1 aliphatic heterocycles. The van der Waals surface area contributed by atoms with Crippen LogP contribution in [-0.2, 0) is 5.41 Å². The molecule has 36 heavy (non-hydrogen) atoms. The summed E-state index contributed by atoms with van der Waals surface area (Å²) in [5.74, 6) is -0.186. The molecule has 1 unspecified atom stereocenters. The summed E-state index contributed by atoms with van der Waals surface area (Å²) < 4.78 is 0. The molecule has 0 aliphatic carbocycles. The zero-order valence-corrected chi connectivity index (χ0v) is 21.2. The van der Waals surface area contributed by atoms with E-state index in [9.17, 15) is 9.59 Å². The lowest BCUT2D eigenvalue weighted by Gasteiger charge is -2.33. The Morgan fingerprint density at radius 2 is 1.72 bits per heavy atom. The molecule has 3 aromatic rings. The SMILES string of the molecule is Cc1ccc(Nc2nc(N3CCCC(NC(=O)c4ccc(C(C)(C)C)cc4)C3)nnc2C(N)=O)cc1. The molecule has 4 rings (SSSR count). The van der Waals surface area contributed by atoms with E-state index in [-0.39, 0.29) is 28.9 Å². The fourth-order valence-corrected chi connectivity index (χ4v) is 4.15. The van der Waals surface area contributed by atoms with Gasteiger partial charge in [-0.25, -0.2) is 0 Å². The number of nitrogens with two attached hydrogens (primary N) is 1. The fourth-order valence-electron chi connectivity index (χ4n) is 4.15. The van der Waals surface area contributed by atoms with Crippen LogP contribution in [0.15, 0.2) is 48.5 Å². The van der Waals surface area contributed by atoms with Crippen molar-refractivity contribution in [3.8, 4) is 0 Å². The van der Waals surface area contributed by atoms with Gasteiger partial charge >= 0.3 is 0 Å². The van der Waals surface area contributed by atoms with E-state index < -0.39 is 5.91 Å². The number of benzene rings is 2. The van der Waals surface area contributed by atoms with Gasteiger partial charge in [0.2, 0.25) is 5.95 Å². The number of nitrogens with one attached hydrogen (secondary N) is 2. The molecule has 1 atom stereocenters. The lowest BCUT2D eigenvalue weighted by Crippen LogP contribution is -2.48. The van der Waals surface area contributed by atoms with Gasteiger partial charge in [-0.3, -0.25) is 9.59 Å². The third-order valence-electron chi connectivity index (χ3n) is 6.28. The van der Waals surface area contributed by atoms with E-state index in [0.717, 1.165) is 24.1 Å². The molecule has 9 heteroatoms. The van der Waals surface area contributed by atoms with Crippen LogP contribution in [0.4, 0.5) is 17.5 Å². The predicted molar refractivity (Wildman–Crippen MR) is 141 cm³/mol. The van der Waals surface area contributed by atoms with Gasteiger partial charge in [-0.1, -0.05) is 50.6 Å². The van der Waals surface area contributed by atoms with Crippen LogP contribution in [0.5, 0.6) is 0 Å². The van der Waals surface area contributed by atoms with E-state index in [0.29, 0.717) is 24.6 Å². The number of primary amides is 1. The van der Waals surface area contributed by atoms with Crippen LogP contribution in [0.25, 0.3) is 0 Å². The minimum atomic E-state index is -0.711. The number of piperidine rings is 1. The van der Waals surface area contributed by atoms with Crippen molar-refractivity contribution in [2.75, 3.05) is 23.3 Å². The number of hydrogen-bond donors (Lipinski definition) is 3. The van der Waals surface area contributed by atoms with Crippen molar-refractivity contribution >= 4 is 29.3 Å². The zero-order chi connectivity index (χ0) is 25.9. The molecular weight excluding hydrogens is 454 g/mol. The maximum atomic E-state index is 12.9. The lowest BCUT2D eigenvalue weighted by atomic mass is 9.86. The number of nitrogens with zero attached hydrogens (tertiary/aromatic N) is 4. The molecule has 188 valence electrons. The molecule has 0 bridgehead atoms. The molecule has 0 saturated carbocycles. The topological polar surface area (TPSA) is 126 Å². The quantitative estimate of drug-likeness (QED) is 0.484. The van der Waals surface area contributed by atoms with Gasteiger partial charge in [0.15, 0.2) is 11.5 Å². The summed E-state index contributed by atoms with van der Waals surface area (Å²) >= 11 is 0. The summed E-state index contributed by atoms with van der Waals surface area (Å²) in [7, 11) is 0. The monoisotopic (exact) mass is 487 g/mol. The first-order valence-corrected chi connectivity index (χ1v) is 12.1. The Morgan fingerprint density at radius 3 is 2.36 bits per heavy atom. The second-order valence-electron chi connectivity index (χ2n) is 10.3. The Balaban J connectivity index is 1.47. The number of aromatic nitrogens is 3. The van der Waals surface area contributed by atoms with Crippen LogP contribution in [0.3, 0.4) is 0 Å². The van der Waals surface area contributed by atoms with E-state index in [1.807, 2.05) is 60.4 Å². The van der Waals surface area contributed by atoms with Crippen molar-refractivity contribution in [1.82, 2.24) is 20.5 Å². The van der Waals surface area contributed by atoms with Crippen molar-refractivity contribution in [1.29, 1.82) is 0 Å². The number of carbonyl (C=O) groups is 2. The molecule has 1 aliphatic rings. The second kappa shape index (κ2) is 10.3. The number of aryl methyl sites for hydroxylation is 1. The highest BCUT2D eigenvalue weighted by molar-refractivity contribution is 5.96. The molecule has 9 nitrogen and oxygen atoms in total. The summed E-state index contributed by atoms with van der Waals surface area (Å²) in [5, 5.41) is 14.5. The smallest absolute Gasteiger partial charge is 0.273 e. The molecule has 2 heterocycles. The zero-order valence-electron chi connectivity index (χ0n) is 21.2. The van der Waals surface area contributed by atoms with E-state index >= 15 is 0 Å². The molecule has 1 saturated heterocycles.